The second-order valence-electron chi connectivity index (χ2n) is 8.51. The zero-order valence-corrected chi connectivity index (χ0v) is 20.1. The van der Waals surface area contributed by atoms with Crippen molar-refractivity contribution < 1.29 is 23.9 Å². The Bertz CT molecular complexity index is 813. The summed E-state index contributed by atoms with van der Waals surface area (Å²) in [4.78, 5) is 41.4. The fourth-order valence-corrected chi connectivity index (χ4v) is 3.86. The lowest BCUT2D eigenvalue weighted by atomic mass is 10.0. The van der Waals surface area contributed by atoms with Gasteiger partial charge in [0, 0.05) is 51.7 Å². The van der Waals surface area contributed by atoms with Crippen molar-refractivity contribution in [3.05, 3.63) is 23.8 Å². The lowest BCUT2D eigenvalue weighted by Gasteiger charge is -2.36. The molecule has 0 aliphatic carbocycles. The topological polar surface area (TPSA) is 88.2 Å². The fraction of sp³-hybridized carbons (Fsp3) is 0.625. The maximum atomic E-state index is 13.3. The van der Waals surface area contributed by atoms with Gasteiger partial charge >= 0.3 is 0 Å². The molecule has 0 saturated carbocycles. The van der Waals surface area contributed by atoms with Gasteiger partial charge in [0.05, 0.1) is 17.7 Å². The molecule has 8 heteroatoms. The Balaban J connectivity index is 2.43. The van der Waals surface area contributed by atoms with E-state index < -0.39 is 0 Å². The molecule has 0 fully saturated rings. The van der Waals surface area contributed by atoms with E-state index in [9.17, 15) is 14.4 Å². The molecular formula is C24H37N3O5. The molecular weight excluding hydrogens is 410 g/mol. The van der Waals surface area contributed by atoms with Crippen LogP contribution in [0.15, 0.2) is 18.2 Å². The lowest BCUT2D eigenvalue weighted by molar-refractivity contribution is -0.135. The standard InChI is InChI=1S/C24H37N3O5/c1-7-9-22(28)25-18-10-11-20-19(12-18)24(30)26(5)14-21(31-6)16(3)13-27(23(29)8-2)17(4)15-32-20/h10-12,16-17,21H,7-9,13-15H2,1-6H3,(H,25,28)/t16-,17-,21-/m1/s1. The molecule has 1 N–H and O–H groups in total. The second kappa shape index (κ2) is 11.9. The molecule has 2 rings (SSSR count). The maximum absolute atomic E-state index is 13.3. The SMILES string of the molecule is CCCC(=O)Nc1ccc2c(c1)C(=O)N(C)C[C@@H](OC)[C@H](C)CN(C(=O)CC)[C@H](C)CO2. The van der Waals surface area contributed by atoms with Gasteiger partial charge in [-0.05, 0) is 31.5 Å². The Kier molecular flexibility index (Phi) is 9.50. The molecule has 1 aromatic rings. The number of likely N-dealkylation sites (N-methyl/N-ethyl adjacent to an activating group) is 1. The summed E-state index contributed by atoms with van der Waals surface area (Å²) >= 11 is 0. The molecule has 0 aromatic heterocycles. The minimum atomic E-state index is -0.237. The highest BCUT2D eigenvalue weighted by Gasteiger charge is 2.29. The minimum Gasteiger partial charge on any atom is -0.491 e. The van der Waals surface area contributed by atoms with Crippen LogP contribution in [0.1, 0.15) is 57.3 Å². The van der Waals surface area contributed by atoms with Crippen LogP contribution in [-0.4, -0.2) is 73.5 Å². The molecule has 0 radical (unpaired) electrons. The van der Waals surface area contributed by atoms with Crippen LogP contribution in [0.3, 0.4) is 0 Å². The Labute approximate surface area is 191 Å². The van der Waals surface area contributed by atoms with Gasteiger partial charge in [0.15, 0.2) is 0 Å². The van der Waals surface area contributed by atoms with Crippen molar-refractivity contribution in [2.24, 2.45) is 5.92 Å². The molecule has 1 aromatic carbocycles. The molecule has 0 spiro atoms. The number of amides is 3. The molecule has 1 aliphatic rings. The van der Waals surface area contributed by atoms with Crippen molar-refractivity contribution >= 4 is 23.4 Å². The normalized spacial score (nSPS) is 22.3. The minimum absolute atomic E-state index is 0.0202. The van der Waals surface area contributed by atoms with Crippen molar-refractivity contribution in [3.63, 3.8) is 0 Å². The summed E-state index contributed by atoms with van der Waals surface area (Å²) in [5, 5.41) is 2.84. The zero-order chi connectivity index (χ0) is 23.8. The van der Waals surface area contributed by atoms with Gasteiger partial charge in [0.2, 0.25) is 11.8 Å². The molecule has 8 nitrogen and oxygen atoms in total. The second-order valence-corrected chi connectivity index (χ2v) is 8.51. The first-order valence-electron chi connectivity index (χ1n) is 11.4. The van der Waals surface area contributed by atoms with Crippen molar-refractivity contribution in [2.75, 3.05) is 39.2 Å². The van der Waals surface area contributed by atoms with Crippen molar-refractivity contribution in [1.82, 2.24) is 9.80 Å². The molecule has 32 heavy (non-hydrogen) atoms. The number of carbonyl (C=O) groups excluding carboxylic acids is 3. The van der Waals surface area contributed by atoms with Gasteiger partial charge in [0.1, 0.15) is 12.4 Å². The molecule has 0 unspecified atom stereocenters. The third kappa shape index (κ3) is 6.45. The number of nitrogens with one attached hydrogen (secondary N) is 1. The van der Waals surface area contributed by atoms with E-state index in [-0.39, 0.29) is 42.4 Å². The van der Waals surface area contributed by atoms with Crippen LogP contribution < -0.4 is 10.1 Å². The van der Waals surface area contributed by atoms with E-state index in [4.69, 9.17) is 9.47 Å². The van der Waals surface area contributed by atoms with E-state index in [2.05, 4.69) is 5.32 Å². The fourth-order valence-electron chi connectivity index (χ4n) is 3.86. The Morgan fingerprint density at radius 3 is 2.56 bits per heavy atom. The molecule has 0 bridgehead atoms. The summed E-state index contributed by atoms with van der Waals surface area (Å²) in [6.45, 7) is 8.89. The summed E-state index contributed by atoms with van der Waals surface area (Å²) in [6.07, 6.45) is 1.32. The van der Waals surface area contributed by atoms with Crippen LogP contribution in [-0.2, 0) is 14.3 Å². The summed E-state index contributed by atoms with van der Waals surface area (Å²) in [6, 6.07) is 4.90. The Morgan fingerprint density at radius 1 is 1.22 bits per heavy atom. The van der Waals surface area contributed by atoms with Gasteiger partial charge < -0.3 is 24.6 Å². The van der Waals surface area contributed by atoms with E-state index in [1.54, 1.807) is 37.3 Å². The molecule has 178 valence electrons. The number of nitrogens with zero attached hydrogens (tertiary/aromatic N) is 2. The highest BCUT2D eigenvalue weighted by atomic mass is 16.5. The molecule has 3 atom stereocenters. The molecule has 1 aliphatic heterocycles. The largest absolute Gasteiger partial charge is 0.491 e. The highest BCUT2D eigenvalue weighted by Crippen LogP contribution is 2.26. The van der Waals surface area contributed by atoms with Gasteiger partial charge in [-0.1, -0.05) is 20.8 Å². The number of carbonyl (C=O) groups is 3. The van der Waals surface area contributed by atoms with Crippen LogP contribution >= 0.6 is 0 Å². The van der Waals surface area contributed by atoms with Gasteiger partial charge in [-0.3, -0.25) is 14.4 Å². The van der Waals surface area contributed by atoms with Gasteiger partial charge in [-0.15, -0.1) is 0 Å². The van der Waals surface area contributed by atoms with E-state index in [0.717, 1.165) is 6.42 Å². The average Bonchev–Trinajstić information content (AvgIpc) is 2.77. The average molecular weight is 448 g/mol. The number of benzene rings is 1. The first-order valence-corrected chi connectivity index (χ1v) is 11.4. The molecule has 1 heterocycles. The third-order valence-corrected chi connectivity index (χ3v) is 5.83. The number of methoxy groups -OCH3 is 1. The first kappa shape index (κ1) is 25.6. The first-order chi connectivity index (χ1) is 15.2. The zero-order valence-electron chi connectivity index (χ0n) is 20.1. The number of ether oxygens (including phenoxy) is 2. The summed E-state index contributed by atoms with van der Waals surface area (Å²) in [7, 11) is 3.34. The van der Waals surface area contributed by atoms with Crippen LogP contribution in [0.4, 0.5) is 5.69 Å². The Morgan fingerprint density at radius 2 is 1.94 bits per heavy atom. The summed E-state index contributed by atoms with van der Waals surface area (Å²) in [5.41, 5.74) is 0.914. The van der Waals surface area contributed by atoms with Gasteiger partial charge in [-0.2, -0.15) is 0 Å². The summed E-state index contributed by atoms with van der Waals surface area (Å²) in [5.74, 6) is 0.187. The number of fused-ring (bicyclic) bond motifs is 1. The van der Waals surface area contributed by atoms with Crippen LogP contribution in [0.2, 0.25) is 0 Å². The van der Waals surface area contributed by atoms with Crippen molar-refractivity contribution in [1.29, 1.82) is 0 Å². The number of hydrogen-bond donors (Lipinski definition) is 1. The number of rotatable bonds is 5. The predicted molar refractivity (Wildman–Crippen MR) is 124 cm³/mol. The van der Waals surface area contributed by atoms with Crippen molar-refractivity contribution in [2.45, 2.75) is 59.1 Å². The van der Waals surface area contributed by atoms with E-state index in [1.165, 1.54) is 0 Å². The van der Waals surface area contributed by atoms with Gasteiger partial charge in [-0.25, -0.2) is 0 Å². The third-order valence-electron chi connectivity index (χ3n) is 5.83. The van der Waals surface area contributed by atoms with E-state index in [1.807, 2.05) is 32.6 Å². The van der Waals surface area contributed by atoms with E-state index >= 15 is 0 Å². The van der Waals surface area contributed by atoms with Crippen LogP contribution in [0.25, 0.3) is 0 Å². The number of anilines is 1. The monoisotopic (exact) mass is 447 g/mol. The lowest BCUT2D eigenvalue weighted by Crippen LogP contribution is -2.48. The van der Waals surface area contributed by atoms with E-state index in [0.29, 0.717) is 42.9 Å². The Hall–Kier alpha value is -2.61. The predicted octanol–water partition coefficient (Wildman–Crippen LogP) is 3.17. The van der Waals surface area contributed by atoms with Crippen LogP contribution in [0.5, 0.6) is 5.75 Å². The summed E-state index contributed by atoms with van der Waals surface area (Å²) < 4.78 is 11.7. The smallest absolute Gasteiger partial charge is 0.257 e. The molecule has 0 saturated heterocycles. The maximum Gasteiger partial charge on any atom is 0.257 e. The van der Waals surface area contributed by atoms with Crippen LogP contribution in [0, 0.1) is 5.92 Å². The molecule has 3 amide bonds. The van der Waals surface area contributed by atoms with Crippen molar-refractivity contribution in [3.8, 4) is 5.75 Å². The quantitative estimate of drug-likeness (QED) is 0.749. The van der Waals surface area contributed by atoms with Gasteiger partial charge in [0.25, 0.3) is 5.91 Å². The number of hydrogen-bond acceptors (Lipinski definition) is 5. The highest BCUT2D eigenvalue weighted by molar-refractivity contribution is 5.99.